The van der Waals surface area contributed by atoms with Crippen molar-refractivity contribution < 1.29 is 9.90 Å². The fraction of sp³-hybridized carbons (Fsp3) is 0.125. The minimum Gasteiger partial charge on any atom is -0.477 e. The molecular formula is C8H8NO2. The second-order valence-corrected chi connectivity index (χ2v) is 2.07. The molecule has 0 unspecified atom stereocenters. The zero-order valence-corrected chi connectivity index (χ0v) is 5.95. The van der Waals surface area contributed by atoms with Crippen molar-refractivity contribution in [2.24, 2.45) is 0 Å². The Bertz CT molecular complexity index is 271. The number of carboxylic acid groups (broad SMARTS) is 1. The third-order valence-corrected chi connectivity index (χ3v) is 1.36. The largest absolute Gasteiger partial charge is 0.477 e. The summed E-state index contributed by atoms with van der Waals surface area (Å²) >= 11 is 0. The second-order valence-electron chi connectivity index (χ2n) is 2.07. The molecule has 1 radical (unpaired) electrons. The molecule has 1 aromatic rings. The van der Waals surface area contributed by atoms with Crippen LogP contribution >= 0.6 is 0 Å². The van der Waals surface area contributed by atoms with Gasteiger partial charge in [-0.15, -0.1) is 0 Å². The van der Waals surface area contributed by atoms with Crippen molar-refractivity contribution in [3.63, 3.8) is 0 Å². The van der Waals surface area contributed by atoms with Crippen LogP contribution in [0.25, 0.3) is 0 Å². The quantitative estimate of drug-likeness (QED) is 0.688. The normalized spacial score (nSPS) is 9.55. The van der Waals surface area contributed by atoms with Gasteiger partial charge in [-0.3, -0.25) is 0 Å². The minimum atomic E-state index is -0.996. The van der Waals surface area contributed by atoms with Crippen molar-refractivity contribution in [3.05, 3.63) is 36.5 Å². The first-order valence-electron chi connectivity index (χ1n) is 3.22. The third-order valence-electron chi connectivity index (χ3n) is 1.36. The number of pyridine rings is 1. The Morgan fingerprint density at radius 1 is 1.73 bits per heavy atom. The predicted molar refractivity (Wildman–Crippen MR) is 40.3 cm³/mol. The number of aromatic carboxylic acids is 1. The average molecular weight is 150 g/mol. The summed E-state index contributed by atoms with van der Waals surface area (Å²) in [6, 6.07) is 3.41. The maximum Gasteiger partial charge on any atom is 0.354 e. The Hall–Kier alpha value is -1.38. The number of hydrogen-bond donors (Lipinski definition) is 1. The summed E-state index contributed by atoms with van der Waals surface area (Å²) in [6.45, 7) is 3.60. The molecule has 3 nitrogen and oxygen atoms in total. The lowest BCUT2D eigenvalue weighted by Gasteiger charge is -1.98. The highest BCUT2D eigenvalue weighted by Crippen LogP contribution is 2.04. The lowest BCUT2D eigenvalue weighted by Crippen LogP contribution is -2.04. The molecule has 0 aromatic carbocycles. The van der Waals surface area contributed by atoms with Crippen molar-refractivity contribution in [3.8, 4) is 0 Å². The summed E-state index contributed by atoms with van der Waals surface area (Å²) < 4.78 is 0. The lowest BCUT2D eigenvalue weighted by atomic mass is 10.1. The van der Waals surface area contributed by atoms with Gasteiger partial charge in [-0.25, -0.2) is 9.78 Å². The summed E-state index contributed by atoms with van der Waals surface area (Å²) in [6.07, 6.45) is 1.91. The first-order valence-corrected chi connectivity index (χ1v) is 3.22. The van der Waals surface area contributed by atoms with Crippen LogP contribution in [0.15, 0.2) is 18.3 Å². The van der Waals surface area contributed by atoms with Gasteiger partial charge in [-0.2, -0.15) is 0 Å². The minimum absolute atomic E-state index is 0.0995. The van der Waals surface area contributed by atoms with Crippen LogP contribution in [0.3, 0.4) is 0 Å². The zero-order chi connectivity index (χ0) is 8.27. The van der Waals surface area contributed by atoms with Gasteiger partial charge >= 0.3 is 5.97 Å². The molecule has 1 heterocycles. The van der Waals surface area contributed by atoms with Crippen LogP contribution in [-0.4, -0.2) is 16.1 Å². The molecule has 0 saturated carbocycles. The topological polar surface area (TPSA) is 50.2 Å². The molecule has 0 aliphatic rings. The van der Waals surface area contributed by atoms with Crippen molar-refractivity contribution in [1.82, 2.24) is 4.98 Å². The summed E-state index contributed by atoms with van der Waals surface area (Å²) in [4.78, 5) is 14.2. The number of hydrogen-bond acceptors (Lipinski definition) is 2. The van der Waals surface area contributed by atoms with Crippen LogP contribution in [0.1, 0.15) is 16.1 Å². The molecular weight excluding hydrogens is 142 g/mol. The fourth-order valence-corrected chi connectivity index (χ4v) is 0.833. The van der Waals surface area contributed by atoms with Gasteiger partial charge in [0, 0.05) is 6.20 Å². The smallest absolute Gasteiger partial charge is 0.354 e. The molecule has 0 fully saturated rings. The Balaban J connectivity index is 3.12. The highest BCUT2D eigenvalue weighted by atomic mass is 16.4. The summed E-state index contributed by atoms with van der Waals surface area (Å²) in [7, 11) is 0. The van der Waals surface area contributed by atoms with Crippen molar-refractivity contribution in [1.29, 1.82) is 0 Å². The first kappa shape index (κ1) is 7.72. The maximum atomic E-state index is 10.5. The molecule has 11 heavy (non-hydrogen) atoms. The predicted octanol–water partition coefficient (Wildman–Crippen LogP) is 1.16. The van der Waals surface area contributed by atoms with Gasteiger partial charge in [0.05, 0.1) is 0 Å². The fourth-order valence-electron chi connectivity index (χ4n) is 0.833. The molecule has 1 aromatic heterocycles. The molecule has 0 bridgehead atoms. The molecule has 0 aliphatic heterocycles. The zero-order valence-electron chi connectivity index (χ0n) is 5.95. The van der Waals surface area contributed by atoms with Gasteiger partial charge < -0.3 is 5.11 Å². The van der Waals surface area contributed by atoms with E-state index in [2.05, 4.69) is 11.9 Å². The van der Waals surface area contributed by atoms with Gasteiger partial charge in [0.1, 0.15) is 0 Å². The van der Waals surface area contributed by atoms with Crippen LogP contribution in [0.4, 0.5) is 0 Å². The molecule has 0 aliphatic carbocycles. The first-order chi connectivity index (χ1) is 5.25. The van der Waals surface area contributed by atoms with E-state index in [0.717, 1.165) is 0 Å². The van der Waals surface area contributed by atoms with Crippen molar-refractivity contribution >= 4 is 5.97 Å². The van der Waals surface area contributed by atoms with E-state index in [9.17, 15) is 4.79 Å². The van der Waals surface area contributed by atoms with Gasteiger partial charge in [-0.05, 0) is 25.0 Å². The SMILES string of the molecule is [CH2]Cc1cccnc1C(=O)O. The van der Waals surface area contributed by atoms with Gasteiger partial charge in [0.2, 0.25) is 0 Å². The van der Waals surface area contributed by atoms with Gasteiger partial charge in [-0.1, -0.05) is 6.07 Å². The van der Waals surface area contributed by atoms with Gasteiger partial charge in [0.25, 0.3) is 0 Å². The maximum absolute atomic E-state index is 10.5. The molecule has 1 N–H and O–H groups in total. The van der Waals surface area contributed by atoms with E-state index < -0.39 is 5.97 Å². The van der Waals surface area contributed by atoms with Crippen LogP contribution < -0.4 is 0 Å². The Labute approximate surface area is 64.7 Å². The number of carbonyl (C=O) groups is 1. The average Bonchev–Trinajstić information content (AvgIpc) is 2.04. The Morgan fingerprint density at radius 2 is 2.45 bits per heavy atom. The molecule has 0 atom stereocenters. The Kier molecular flexibility index (Phi) is 2.21. The number of rotatable bonds is 2. The van der Waals surface area contributed by atoms with Crippen LogP contribution in [0, 0.1) is 6.92 Å². The van der Waals surface area contributed by atoms with E-state index in [1.54, 1.807) is 12.1 Å². The Morgan fingerprint density at radius 3 is 2.91 bits per heavy atom. The van der Waals surface area contributed by atoms with Gasteiger partial charge in [0.15, 0.2) is 5.69 Å². The second kappa shape index (κ2) is 3.14. The van der Waals surface area contributed by atoms with E-state index in [-0.39, 0.29) is 5.69 Å². The molecule has 1 rings (SSSR count). The summed E-state index contributed by atoms with van der Waals surface area (Å²) in [5.74, 6) is -0.996. The van der Waals surface area contributed by atoms with E-state index >= 15 is 0 Å². The van der Waals surface area contributed by atoms with Crippen LogP contribution in [0.5, 0.6) is 0 Å². The van der Waals surface area contributed by atoms with Crippen molar-refractivity contribution in [2.45, 2.75) is 6.42 Å². The van der Waals surface area contributed by atoms with E-state index in [0.29, 0.717) is 12.0 Å². The molecule has 3 heteroatoms. The highest BCUT2D eigenvalue weighted by molar-refractivity contribution is 5.86. The molecule has 0 saturated heterocycles. The van der Waals surface area contributed by atoms with Crippen LogP contribution in [-0.2, 0) is 6.42 Å². The molecule has 0 spiro atoms. The number of nitrogens with zero attached hydrogens (tertiary/aromatic N) is 1. The summed E-state index contributed by atoms with van der Waals surface area (Å²) in [5, 5.41) is 8.61. The number of aromatic nitrogens is 1. The summed E-state index contributed by atoms with van der Waals surface area (Å²) in [5.41, 5.74) is 0.766. The molecule has 57 valence electrons. The van der Waals surface area contributed by atoms with E-state index in [1.807, 2.05) is 0 Å². The van der Waals surface area contributed by atoms with Crippen molar-refractivity contribution in [2.75, 3.05) is 0 Å². The highest BCUT2D eigenvalue weighted by Gasteiger charge is 2.07. The monoisotopic (exact) mass is 150 g/mol. The standard InChI is InChI=1S/C8H8NO2/c1-2-6-4-3-5-9-7(6)8(10)11/h3-5H,1-2H2,(H,10,11). The van der Waals surface area contributed by atoms with E-state index in [4.69, 9.17) is 5.11 Å². The number of carboxylic acids is 1. The van der Waals surface area contributed by atoms with Crippen LogP contribution in [0.2, 0.25) is 0 Å². The van der Waals surface area contributed by atoms with E-state index in [1.165, 1.54) is 6.20 Å². The lowest BCUT2D eigenvalue weighted by molar-refractivity contribution is 0.0689. The molecule has 0 amide bonds. The third kappa shape index (κ3) is 1.55.